The van der Waals surface area contributed by atoms with E-state index >= 15 is 0 Å². The number of nitrogens with zero attached hydrogens (tertiary/aromatic N) is 2. The first-order valence-electron chi connectivity index (χ1n) is 6.81. The SMILES string of the molecule is O=C1NC(=Nc2ccc([N+](=O)[O-])cc2)/C(=C/c2ccc(F)cc2)S1. The van der Waals surface area contributed by atoms with Gasteiger partial charge in [-0.25, -0.2) is 9.38 Å². The van der Waals surface area contributed by atoms with Crippen molar-refractivity contribution >= 4 is 40.3 Å². The Morgan fingerprint density at radius 1 is 1.12 bits per heavy atom. The van der Waals surface area contributed by atoms with Crippen LogP contribution in [-0.2, 0) is 0 Å². The Bertz CT molecular complexity index is 861. The molecule has 0 aliphatic carbocycles. The Kier molecular flexibility index (Phi) is 4.39. The number of amidine groups is 1. The van der Waals surface area contributed by atoms with E-state index in [1.165, 1.54) is 36.4 Å². The third kappa shape index (κ3) is 3.66. The highest BCUT2D eigenvalue weighted by molar-refractivity contribution is 8.18. The molecule has 0 bridgehead atoms. The maximum absolute atomic E-state index is 13.0. The number of nitro groups is 1. The normalized spacial score (nSPS) is 17.3. The summed E-state index contributed by atoms with van der Waals surface area (Å²) in [4.78, 5) is 26.7. The van der Waals surface area contributed by atoms with Crippen LogP contribution in [0.25, 0.3) is 6.08 Å². The fraction of sp³-hybridized carbons (Fsp3) is 0. The second kappa shape index (κ2) is 6.63. The maximum Gasteiger partial charge on any atom is 0.289 e. The van der Waals surface area contributed by atoms with Gasteiger partial charge >= 0.3 is 0 Å². The van der Waals surface area contributed by atoms with Crippen molar-refractivity contribution < 1.29 is 14.1 Å². The molecule has 6 nitrogen and oxygen atoms in total. The summed E-state index contributed by atoms with van der Waals surface area (Å²) >= 11 is 0.978. The zero-order valence-electron chi connectivity index (χ0n) is 12.1. The van der Waals surface area contributed by atoms with Crippen LogP contribution in [0.3, 0.4) is 0 Å². The van der Waals surface area contributed by atoms with Crippen LogP contribution in [0, 0.1) is 15.9 Å². The molecule has 24 heavy (non-hydrogen) atoms. The first-order valence-corrected chi connectivity index (χ1v) is 7.62. The van der Waals surface area contributed by atoms with Crippen molar-refractivity contribution in [3.63, 3.8) is 0 Å². The number of carbonyl (C=O) groups excluding carboxylic acids is 1. The molecule has 0 unspecified atom stereocenters. The van der Waals surface area contributed by atoms with Gasteiger partial charge in [0.25, 0.3) is 10.9 Å². The number of non-ortho nitro benzene ring substituents is 1. The molecule has 8 heteroatoms. The minimum Gasteiger partial charge on any atom is -0.300 e. The summed E-state index contributed by atoms with van der Waals surface area (Å²) in [5, 5.41) is 13.0. The Balaban J connectivity index is 1.91. The lowest BCUT2D eigenvalue weighted by atomic mass is 10.2. The number of benzene rings is 2. The predicted molar refractivity (Wildman–Crippen MR) is 90.7 cm³/mol. The highest BCUT2D eigenvalue weighted by Gasteiger charge is 2.23. The van der Waals surface area contributed by atoms with E-state index in [9.17, 15) is 19.3 Å². The Morgan fingerprint density at radius 2 is 1.79 bits per heavy atom. The molecule has 0 saturated carbocycles. The van der Waals surface area contributed by atoms with Gasteiger partial charge in [0.15, 0.2) is 0 Å². The minimum atomic E-state index is -0.496. The van der Waals surface area contributed by atoms with Crippen LogP contribution in [-0.4, -0.2) is 16.0 Å². The van der Waals surface area contributed by atoms with Crippen LogP contribution in [0.15, 0.2) is 58.4 Å². The fourth-order valence-corrected chi connectivity index (χ4v) is 2.74. The summed E-state index contributed by atoms with van der Waals surface area (Å²) in [5.74, 6) is 0.00775. The number of nitrogens with one attached hydrogen (secondary N) is 1. The molecule has 0 spiro atoms. The maximum atomic E-state index is 13.0. The van der Waals surface area contributed by atoms with E-state index in [1.807, 2.05) is 0 Å². The third-order valence-electron chi connectivity index (χ3n) is 3.13. The van der Waals surface area contributed by atoms with Crippen molar-refractivity contribution in [1.29, 1.82) is 0 Å². The highest BCUT2D eigenvalue weighted by atomic mass is 32.2. The summed E-state index contributed by atoms with van der Waals surface area (Å²) < 4.78 is 13.0. The van der Waals surface area contributed by atoms with Gasteiger partial charge in [-0.15, -0.1) is 0 Å². The second-order valence-electron chi connectivity index (χ2n) is 4.81. The molecule has 3 rings (SSSR count). The van der Waals surface area contributed by atoms with Gasteiger partial charge in [-0.1, -0.05) is 12.1 Å². The average Bonchev–Trinajstić information content (AvgIpc) is 2.89. The molecule has 1 N–H and O–H groups in total. The summed E-state index contributed by atoms with van der Waals surface area (Å²) in [6.45, 7) is 0. The monoisotopic (exact) mass is 343 g/mol. The number of rotatable bonds is 3. The molecule has 1 saturated heterocycles. The summed E-state index contributed by atoms with van der Waals surface area (Å²) in [6.07, 6.45) is 1.71. The first kappa shape index (κ1) is 15.9. The van der Waals surface area contributed by atoms with Crippen LogP contribution in [0.4, 0.5) is 20.6 Å². The van der Waals surface area contributed by atoms with Gasteiger partial charge < -0.3 is 5.32 Å². The number of halogens is 1. The molecule has 2 aromatic carbocycles. The van der Waals surface area contributed by atoms with E-state index in [2.05, 4.69) is 10.3 Å². The fourth-order valence-electron chi connectivity index (χ4n) is 2.00. The number of carbonyl (C=O) groups is 1. The number of amides is 1. The van der Waals surface area contributed by atoms with Crippen LogP contribution < -0.4 is 5.32 Å². The van der Waals surface area contributed by atoms with E-state index in [-0.39, 0.29) is 16.7 Å². The van der Waals surface area contributed by atoms with Crippen molar-refractivity contribution in [3.05, 3.63) is 74.9 Å². The smallest absolute Gasteiger partial charge is 0.289 e. The Hall–Kier alpha value is -3.00. The molecule has 1 heterocycles. The molecule has 1 fully saturated rings. The van der Waals surface area contributed by atoms with Gasteiger partial charge in [-0.3, -0.25) is 14.9 Å². The van der Waals surface area contributed by atoms with Gasteiger partial charge in [0.2, 0.25) is 0 Å². The molecule has 120 valence electrons. The zero-order chi connectivity index (χ0) is 17.1. The molecule has 1 amide bonds. The Labute approximate surface area is 140 Å². The first-order chi connectivity index (χ1) is 11.5. The van der Waals surface area contributed by atoms with E-state index in [4.69, 9.17) is 0 Å². The van der Waals surface area contributed by atoms with E-state index in [1.54, 1.807) is 18.2 Å². The topological polar surface area (TPSA) is 84.6 Å². The third-order valence-corrected chi connectivity index (χ3v) is 3.94. The van der Waals surface area contributed by atoms with Crippen LogP contribution in [0.2, 0.25) is 0 Å². The highest BCUT2D eigenvalue weighted by Crippen LogP contribution is 2.29. The van der Waals surface area contributed by atoms with Crippen molar-refractivity contribution in [2.75, 3.05) is 0 Å². The quantitative estimate of drug-likeness (QED) is 0.666. The molecule has 0 aromatic heterocycles. The lowest BCUT2D eigenvalue weighted by molar-refractivity contribution is -0.384. The van der Waals surface area contributed by atoms with E-state index in [0.717, 1.165) is 17.3 Å². The zero-order valence-corrected chi connectivity index (χ0v) is 12.9. The van der Waals surface area contributed by atoms with Crippen molar-refractivity contribution in [3.8, 4) is 0 Å². The molecule has 0 atom stereocenters. The molecule has 1 aliphatic heterocycles. The number of hydrogen-bond acceptors (Lipinski definition) is 5. The standard InChI is InChI=1S/C16H10FN3O3S/c17-11-3-1-10(2-4-11)9-14-15(19-16(21)24-14)18-12-5-7-13(8-6-12)20(22)23/h1-9H,(H,18,19,21)/b14-9-. The Morgan fingerprint density at radius 3 is 2.42 bits per heavy atom. The van der Waals surface area contributed by atoms with Crippen LogP contribution >= 0.6 is 11.8 Å². The largest absolute Gasteiger partial charge is 0.300 e. The summed E-state index contributed by atoms with van der Waals surface area (Å²) in [6, 6.07) is 11.5. The number of nitro benzene ring substituents is 1. The van der Waals surface area contributed by atoms with Crippen molar-refractivity contribution in [2.45, 2.75) is 0 Å². The lowest BCUT2D eigenvalue weighted by Gasteiger charge is -2.00. The van der Waals surface area contributed by atoms with E-state index in [0.29, 0.717) is 16.4 Å². The molecule has 0 radical (unpaired) electrons. The van der Waals surface area contributed by atoms with Gasteiger partial charge in [-0.05, 0) is 47.7 Å². The molecular weight excluding hydrogens is 333 g/mol. The van der Waals surface area contributed by atoms with Gasteiger partial charge in [-0.2, -0.15) is 0 Å². The van der Waals surface area contributed by atoms with Crippen molar-refractivity contribution in [1.82, 2.24) is 5.32 Å². The van der Waals surface area contributed by atoms with Crippen molar-refractivity contribution in [2.24, 2.45) is 4.99 Å². The average molecular weight is 343 g/mol. The number of thioether (sulfide) groups is 1. The second-order valence-corrected chi connectivity index (χ2v) is 5.82. The minimum absolute atomic E-state index is 0.0362. The molecule has 2 aromatic rings. The van der Waals surface area contributed by atoms with Gasteiger partial charge in [0, 0.05) is 12.1 Å². The van der Waals surface area contributed by atoms with Crippen LogP contribution in [0.5, 0.6) is 0 Å². The summed E-state index contributed by atoms with van der Waals surface area (Å²) in [7, 11) is 0. The molecular formula is C16H10FN3O3S. The number of aliphatic imine (C=N–C) groups is 1. The van der Waals surface area contributed by atoms with Crippen LogP contribution in [0.1, 0.15) is 5.56 Å². The molecule has 1 aliphatic rings. The van der Waals surface area contributed by atoms with Gasteiger partial charge in [0.05, 0.1) is 15.5 Å². The summed E-state index contributed by atoms with van der Waals surface area (Å²) in [5.41, 5.74) is 1.17. The van der Waals surface area contributed by atoms with Gasteiger partial charge in [0.1, 0.15) is 11.7 Å². The lowest BCUT2D eigenvalue weighted by Crippen LogP contribution is -2.18. The van der Waals surface area contributed by atoms with E-state index < -0.39 is 4.92 Å². The number of hydrogen-bond donors (Lipinski definition) is 1. The predicted octanol–water partition coefficient (Wildman–Crippen LogP) is 4.26.